The van der Waals surface area contributed by atoms with Crippen molar-refractivity contribution in [3.05, 3.63) is 41.4 Å². The highest BCUT2D eigenvalue weighted by Crippen LogP contribution is 2.22. The van der Waals surface area contributed by atoms with Gasteiger partial charge in [-0.25, -0.2) is 4.98 Å². The zero-order valence-corrected chi connectivity index (χ0v) is 15.0. The molecular weight excluding hydrogens is 361 g/mol. The van der Waals surface area contributed by atoms with E-state index in [-0.39, 0.29) is 36.8 Å². The van der Waals surface area contributed by atoms with Gasteiger partial charge in [0.1, 0.15) is 0 Å². The summed E-state index contributed by atoms with van der Waals surface area (Å²) in [6, 6.07) is 7.29. The summed E-state index contributed by atoms with van der Waals surface area (Å²) in [5, 5.41) is 3.47. The van der Waals surface area contributed by atoms with Crippen LogP contribution in [0.3, 0.4) is 0 Å². The first-order valence-electron chi connectivity index (χ1n) is 6.78. The van der Waals surface area contributed by atoms with Crippen LogP contribution < -0.4 is 11.1 Å². The summed E-state index contributed by atoms with van der Waals surface area (Å²) in [7, 11) is 0. The monoisotopic (exact) mass is 379 g/mol. The van der Waals surface area contributed by atoms with Crippen molar-refractivity contribution in [2.24, 2.45) is 5.73 Å². The number of aryl methyl sites for hydroxylation is 1. The van der Waals surface area contributed by atoms with Crippen LogP contribution >= 0.6 is 36.4 Å². The summed E-state index contributed by atoms with van der Waals surface area (Å²) in [6.45, 7) is 2.28. The second-order valence-electron chi connectivity index (χ2n) is 4.83. The Balaban J connectivity index is 0.00000242. The number of nitrogens with one attached hydrogen (secondary N) is 1. The van der Waals surface area contributed by atoms with Crippen molar-refractivity contribution in [2.75, 3.05) is 6.54 Å². The van der Waals surface area contributed by atoms with Gasteiger partial charge >= 0.3 is 0 Å². The van der Waals surface area contributed by atoms with E-state index >= 15 is 0 Å². The summed E-state index contributed by atoms with van der Waals surface area (Å²) < 4.78 is 5.63. The van der Waals surface area contributed by atoms with Gasteiger partial charge in [0, 0.05) is 36.0 Å². The maximum Gasteiger partial charge on any atom is 0.220 e. The second kappa shape index (κ2) is 10.5. The van der Waals surface area contributed by atoms with Crippen LogP contribution in [0.15, 0.2) is 34.9 Å². The van der Waals surface area contributed by atoms with Gasteiger partial charge in [-0.1, -0.05) is 11.6 Å². The van der Waals surface area contributed by atoms with Gasteiger partial charge in [-0.15, -0.1) is 24.8 Å². The summed E-state index contributed by atoms with van der Waals surface area (Å²) >= 11 is 5.84. The molecule has 0 spiro atoms. The maximum absolute atomic E-state index is 11.6. The highest BCUT2D eigenvalue weighted by atomic mass is 35.5. The SMILES string of the molecule is C[C@@H](CN)NC(=O)CCc1ncc(-c2ccc(Cl)cc2)o1.Cl.Cl. The van der Waals surface area contributed by atoms with E-state index in [1.807, 2.05) is 19.1 Å². The van der Waals surface area contributed by atoms with Crippen LogP contribution in [-0.2, 0) is 11.2 Å². The van der Waals surface area contributed by atoms with Crippen LogP contribution in [0.4, 0.5) is 0 Å². The van der Waals surface area contributed by atoms with Crippen molar-refractivity contribution < 1.29 is 9.21 Å². The fourth-order valence-electron chi connectivity index (χ4n) is 1.80. The number of carbonyl (C=O) groups excluding carboxylic acids is 1. The minimum atomic E-state index is -0.0563. The molecule has 0 aliphatic heterocycles. The lowest BCUT2D eigenvalue weighted by Crippen LogP contribution is -2.37. The number of amides is 1. The van der Waals surface area contributed by atoms with E-state index in [2.05, 4.69) is 10.3 Å². The summed E-state index contributed by atoms with van der Waals surface area (Å²) in [4.78, 5) is 15.8. The molecule has 2 aromatic rings. The Kier molecular flexibility index (Phi) is 9.91. The van der Waals surface area contributed by atoms with Crippen molar-refractivity contribution in [2.45, 2.75) is 25.8 Å². The lowest BCUT2D eigenvalue weighted by molar-refractivity contribution is -0.121. The number of hydrogen-bond donors (Lipinski definition) is 2. The highest BCUT2D eigenvalue weighted by Gasteiger charge is 2.10. The van der Waals surface area contributed by atoms with E-state index in [1.54, 1.807) is 18.3 Å². The molecule has 1 amide bonds. The molecule has 23 heavy (non-hydrogen) atoms. The van der Waals surface area contributed by atoms with Crippen molar-refractivity contribution in [1.29, 1.82) is 0 Å². The van der Waals surface area contributed by atoms with E-state index < -0.39 is 0 Å². The fourth-order valence-corrected chi connectivity index (χ4v) is 1.93. The first kappa shape index (κ1) is 21.7. The molecule has 0 saturated heterocycles. The number of oxazole rings is 1. The summed E-state index contributed by atoms with van der Waals surface area (Å²) in [5.41, 5.74) is 6.35. The van der Waals surface area contributed by atoms with Crippen LogP contribution in [0.25, 0.3) is 11.3 Å². The van der Waals surface area contributed by atoms with E-state index in [0.29, 0.717) is 36.1 Å². The number of benzene rings is 1. The number of aromatic nitrogens is 1. The molecule has 1 aromatic heterocycles. The molecular formula is C15H20Cl3N3O2. The van der Waals surface area contributed by atoms with Gasteiger partial charge in [-0.2, -0.15) is 0 Å². The lowest BCUT2D eigenvalue weighted by atomic mass is 10.2. The average Bonchev–Trinajstić information content (AvgIpc) is 2.94. The van der Waals surface area contributed by atoms with Crippen LogP contribution in [0, 0.1) is 0 Å². The van der Waals surface area contributed by atoms with E-state index in [9.17, 15) is 4.79 Å². The van der Waals surface area contributed by atoms with E-state index in [1.165, 1.54) is 0 Å². The van der Waals surface area contributed by atoms with Gasteiger partial charge in [0.2, 0.25) is 5.91 Å². The van der Waals surface area contributed by atoms with Crippen molar-refractivity contribution >= 4 is 42.3 Å². The molecule has 128 valence electrons. The van der Waals surface area contributed by atoms with Gasteiger partial charge in [-0.05, 0) is 31.2 Å². The highest BCUT2D eigenvalue weighted by molar-refractivity contribution is 6.30. The molecule has 0 aliphatic rings. The Morgan fingerprint density at radius 1 is 1.35 bits per heavy atom. The first-order valence-corrected chi connectivity index (χ1v) is 7.16. The number of halogens is 3. The number of rotatable bonds is 6. The van der Waals surface area contributed by atoms with Gasteiger partial charge in [0.25, 0.3) is 0 Å². The normalized spacial score (nSPS) is 11.1. The van der Waals surface area contributed by atoms with Crippen LogP contribution in [0.2, 0.25) is 5.02 Å². The average molecular weight is 381 g/mol. The van der Waals surface area contributed by atoms with Crippen molar-refractivity contribution in [3.63, 3.8) is 0 Å². The van der Waals surface area contributed by atoms with E-state index in [0.717, 1.165) is 5.56 Å². The quantitative estimate of drug-likeness (QED) is 0.806. The van der Waals surface area contributed by atoms with Crippen LogP contribution in [0.1, 0.15) is 19.2 Å². The third-order valence-electron chi connectivity index (χ3n) is 3.01. The Labute approximate surface area is 152 Å². The summed E-state index contributed by atoms with van der Waals surface area (Å²) in [6.07, 6.45) is 2.43. The van der Waals surface area contributed by atoms with Gasteiger partial charge in [0.05, 0.1) is 6.20 Å². The first-order chi connectivity index (χ1) is 10.1. The van der Waals surface area contributed by atoms with Crippen molar-refractivity contribution in [1.82, 2.24) is 10.3 Å². The van der Waals surface area contributed by atoms with Gasteiger partial charge in [-0.3, -0.25) is 4.79 Å². The largest absolute Gasteiger partial charge is 0.441 e. The molecule has 0 bridgehead atoms. The third kappa shape index (κ3) is 6.79. The van der Waals surface area contributed by atoms with Crippen LogP contribution in [0.5, 0.6) is 0 Å². The Hall–Kier alpha value is -1.27. The molecule has 2 rings (SSSR count). The molecule has 1 aromatic carbocycles. The Morgan fingerprint density at radius 3 is 2.61 bits per heavy atom. The zero-order chi connectivity index (χ0) is 15.2. The molecule has 0 fully saturated rings. The van der Waals surface area contributed by atoms with Gasteiger partial charge < -0.3 is 15.5 Å². The summed E-state index contributed by atoms with van der Waals surface area (Å²) in [5.74, 6) is 1.15. The van der Waals surface area contributed by atoms with E-state index in [4.69, 9.17) is 21.8 Å². The molecule has 8 heteroatoms. The van der Waals surface area contributed by atoms with Crippen LogP contribution in [-0.4, -0.2) is 23.5 Å². The number of hydrogen-bond acceptors (Lipinski definition) is 4. The number of nitrogens with zero attached hydrogens (tertiary/aromatic N) is 1. The molecule has 3 N–H and O–H groups in total. The third-order valence-corrected chi connectivity index (χ3v) is 3.26. The standard InChI is InChI=1S/C15H18ClN3O2.2ClH/c1-10(8-17)19-14(20)6-7-15-18-9-13(21-15)11-2-4-12(16)5-3-11;;/h2-5,9-10H,6-8,17H2,1H3,(H,19,20);2*1H/t10-;;/m0../s1. The number of nitrogens with two attached hydrogens (primary N) is 1. The molecule has 0 aliphatic carbocycles. The minimum Gasteiger partial charge on any atom is -0.441 e. The maximum atomic E-state index is 11.6. The molecule has 0 unspecified atom stereocenters. The predicted molar refractivity (Wildman–Crippen MR) is 96.4 cm³/mol. The van der Waals surface area contributed by atoms with Crippen molar-refractivity contribution in [3.8, 4) is 11.3 Å². The zero-order valence-electron chi connectivity index (χ0n) is 12.6. The number of carbonyl (C=O) groups is 1. The molecule has 0 saturated carbocycles. The fraction of sp³-hybridized carbons (Fsp3) is 0.333. The topological polar surface area (TPSA) is 81.1 Å². The predicted octanol–water partition coefficient (Wildman–Crippen LogP) is 3.23. The second-order valence-corrected chi connectivity index (χ2v) is 5.27. The lowest BCUT2D eigenvalue weighted by Gasteiger charge is -2.10. The smallest absolute Gasteiger partial charge is 0.220 e. The molecule has 0 radical (unpaired) electrons. The minimum absolute atomic E-state index is 0. The molecule has 1 atom stereocenters. The molecule has 5 nitrogen and oxygen atoms in total. The Morgan fingerprint density at radius 2 is 2.00 bits per heavy atom. The van der Waals surface area contributed by atoms with Gasteiger partial charge in [0.15, 0.2) is 11.7 Å². The Bertz CT molecular complexity index is 602. The molecule has 1 heterocycles.